The third-order valence-electron chi connectivity index (χ3n) is 3.74. The molecule has 1 fully saturated rings. The predicted octanol–water partition coefficient (Wildman–Crippen LogP) is 4.79. The van der Waals surface area contributed by atoms with Gasteiger partial charge in [-0.3, -0.25) is 0 Å². The predicted molar refractivity (Wildman–Crippen MR) is 82.2 cm³/mol. The average molecular weight is 327 g/mol. The standard InChI is InChI=1S/C16H23BrO2/c1-12-6-9-16(18-2)14(11-12)15(17)8-7-13-5-3-4-10-19-13/h6,9,11,13,15H,3-5,7-8,10H2,1-2H3. The van der Waals surface area contributed by atoms with Crippen LogP contribution < -0.4 is 4.74 Å². The molecule has 1 aromatic carbocycles. The maximum absolute atomic E-state index is 5.79. The van der Waals surface area contributed by atoms with Gasteiger partial charge in [0.1, 0.15) is 5.75 Å². The third-order valence-corrected chi connectivity index (χ3v) is 4.69. The van der Waals surface area contributed by atoms with Crippen LogP contribution in [0.3, 0.4) is 0 Å². The second kappa shape index (κ2) is 7.30. The lowest BCUT2D eigenvalue weighted by Crippen LogP contribution is -2.19. The summed E-state index contributed by atoms with van der Waals surface area (Å²) >= 11 is 3.80. The van der Waals surface area contributed by atoms with E-state index < -0.39 is 0 Å². The lowest BCUT2D eigenvalue weighted by molar-refractivity contribution is 0.0101. The Morgan fingerprint density at radius 3 is 2.95 bits per heavy atom. The normalized spacial score (nSPS) is 21.1. The molecule has 1 saturated heterocycles. The van der Waals surface area contributed by atoms with Crippen LogP contribution in [0.2, 0.25) is 0 Å². The van der Waals surface area contributed by atoms with E-state index in [-0.39, 0.29) is 0 Å². The molecule has 0 radical (unpaired) electrons. The van der Waals surface area contributed by atoms with Crippen molar-refractivity contribution >= 4 is 15.9 Å². The van der Waals surface area contributed by atoms with E-state index in [1.54, 1.807) is 7.11 Å². The van der Waals surface area contributed by atoms with Crippen molar-refractivity contribution in [3.8, 4) is 5.75 Å². The van der Waals surface area contributed by atoms with Gasteiger partial charge in [0, 0.05) is 17.0 Å². The van der Waals surface area contributed by atoms with Gasteiger partial charge in [-0.05, 0) is 45.1 Å². The first-order valence-corrected chi connectivity index (χ1v) is 8.02. The first-order valence-electron chi connectivity index (χ1n) is 7.11. The highest BCUT2D eigenvalue weighted by Gasteiger charge is 2.18. The van der Waals surface area contributed by atoms with Crippen molar-refractivity contribution in [3.63, 3.8) is 0 Å². The van der Waals surface area contributed by atoms with Crippen LogP contribution in [0, 0.1) is 6.92 Å². The number of alkyl halides is 1. The fourth-order valence-electron chi connectivity index (χ4n) is 2.62. The minimum atomic E-state index is 0.341. The number of benzene rings is 1. The number of aryl methyl sites for hydroxylation is 1. The van der Waals surface area contributed by atoms with Crippen molar-refractivity contribution in [2.75, 3.05) is 13.7 Å². The molecule has 0 N–H and O–H groups in total. The van der Waals surface area contributed by atoms with Crippen LogP contribution in [0.1, 0.15) is 48.1 Å². The molecule has 19 heavy (non-hydrogen) atoms. The molecule has 0 aromatic heterocycles. The zero-order valence-corrected chi connectivity index (χ0v) is 13.4. The third kappa shape index (κ3) is 4.22. The van der Waals surface area contributed by atoms with Gasteiger partial charge in [-0.2, -0.15) is 0 Å². The highest BCUT2D eigenvalue weighted by Crippen LogP contribution is 2.36. The topological polar surface area (TPSA) is 18.5 Å². The van der Waals surface area contributed by atoms with Crippen molar-refractivity contribution in [2.24, 2.45) is 0 Å². The minimum absolute atomic E-state index is 0.341. The summed E-state index contributed by atoms with van der Waals surface area (Å²) in [5.74, 6) is 0.969. The molecule has 0 bridgehead atoms. The first-order chi connectivity index (χ1) is 9.20. The number of hydrogen-bond donors (Lipinski definition) is 0. The highest BCUT2D eigenvalue weighted by molar-refractivity contribution is 9.09. The Balaban J connectivity index is 1.94. The maximum Gasteiger partial charge on any atom is 0.123 e. The molecule has 1 aliphatic rings. The zero-order valence-electron chi connectivity index (χ0n) is 11.8. The number of rotatable bonds is 5. The van der Waals surface area contributed by atoms with Gasteiger partial charge in [0.25, 0.3) is 0 Å². The Kier molecular flexibility index (Phi) is 5.71. The maximum atomic E-state index is 5.79. The second-order valence-electron chi connectivity index (χ2n) is 5.28. The molecule has 0 amide bonds. The summed E-state index contributed by atoms with van der Waals surface area (Å²) in [4.78, 5) is 0.341. The number of halogens is 1. The van der Waals surface area contributed by atoms with E-state index in [4.69, 9.17) is 9.47 Å². The van der Waals surface area contributed by atoms with Crippen molar-refractivity contribution in [2.45, 2.75) is 50.0 Å². The zero-order chi connectivity index (χ0) is 13.7. The average Bonchev–Trinajstić information content (AvgIpc) is 2.46. The molecule has 2 rings (SSSR count). The van der Waals surface area contributed by atoms with Gasteiger partial charge in [0.15, 0.2) is 0 Å². The Morgan fingerprint density at radius 2 is 2.26 bits per heavy atom. The van der Waals surface area contributed by atoms with Crippen LogP contribution in [0.5, 0.6) is 5.75 Å². The van der Waals surface area contributed by atoms with Crippen LogP contribution in [0.4, 0.5) is 0 Å². The molecule has 1 aromatic rings. The summed E-state index contributed by atoms with van der Waals surface area (Å²) in [6, 6.07) is 6.35. The second-order valence-corrected chi connectivity index (χ2v) is 6.38. The van der Waals surface area contributed by atoms with Crippen LogP contribution in [0.15, 0.2) is 18.2 Å². The number of ether oxygens (including phenoxy) is 2. The van der Waals surface area contributed by atoms with Gasteiger partial charge in [0.05, 0.1) is 13.2 Å². The number of methoxy groups -OCH3 is 1. The largest absolute Gasteiger partial charge is 0.496 e. The van der Waals surface area contributed by atoms with E-state index in [2.05, 4.69) is 41.1 Å². The minimum Gasteiger partial charge on any atom is -0.496 e. The molecule has 106 valence electrons. The Morgan fingerprint density at radius 1 is 1.42 bits per heavy atom. The lowest BCUT2D eigenvalue weighted by Gasteiger charge is -2.24. The van der Waals surface area contributed by atoms with Crippen LogP contribution >= 0.6 is 15.9 Å². The summed E-state index contributed by atoms with van der Waals surface area (Å²) in [7, 11) is 1.73. The summed E-state index contributed by atoms with van der Waals surface area (Å²) in [6.45, 7) is 3.05. The molecular formula is C16H23BrO2. The molecule has 1 aliphatic heterocycles. The molecule has 2 unspecified atom stereocenters. The van der Waals surface area contributed by atoms with Crippen molar-refractivity contribution < 1.29 is 9.47 Å². The Bertz CT molecular complexity index is 400. The fourth-order valence-corrected chi connectivity index (χ4v) is 3.24. The van der Waals surface area contributed by atoms with E-state index >= 15 is 0 Å². The van der Waals surface area contributed by atoms with Gasteiger partial charge in [-0.1, -0.05) is 33.6 Å². The highest BCUT2D eigenvalue weighted by atomic mass is 79.9. The van der Waals surface area contributed by atoms with Crippen molar-refractivity contribution in [3.05, 3.63) is 29.3 Å². The van der Waals surface area contributed by atoms with Crippen LogP contribution in [-0.4, -0.2) is 19.8 Å². The fraction of sp³-hybridized carbons (Fsp3) is 0.625. The quantitative estimate of drug-likeness (QED) is 0.724. The Labute approximate surface area is 124 Å². The van der Waals surface area contributed by atoms with Gasteiger partial charge in [0.2, 0.25) is 0 Å². The molecule has 0 saturated carbocycles. The molecule has 0 aliphatic carbocycles. The Hall–Kier alpha value is -0.540. The molecule has 3 heteroatoms. The first kappa shape index (κ1) is 14.9. The summed E-state index contributed by atoms with van der Waals surface area (Å²) in [5.41, 5.74) is 2.52. The van der Waals surface area contributed by atoms with Crippen molar-refractivity contribution in [1.82, 2.24) is 0 Å². The number of hydrogen-bond acceptors (Lipinski definition) is 2. The van der Waals surface area contributed by atoms with Gasteiger partial charge in [-0.25, -0.2) is 0 Å². The van der Waals surface area contributed by atoms with Gasteiger partial charge < -0.3 is 9.47 Å². The summed E-state index contributed by atoms with van der Waals surface area (Å²) in [6.07, 6.45) is 6.40. The van der Waals surface area contributed by atoms with Crippen LogP contribution in [-0.2, 0) is 4.74 Å². The lowest BCUT2D eigenvalue weighted by atomic mass is 9.99. The van der Waals surface area contributed by atoms with Gasteiger partial charge >= 0.3 is 0 Å². The van der Waals surface area contributed by atoms with E-state index in [1.807, 2.05) is 0 Å². The molecule has 2 nitrogen and oxygen atoms in total. The summed E-state index contributed by atoms with van der Waals surface area (Å²) in [5, 5.41) is 0. The van der Waals surface area contributed by atoms with E-state index in [9.17, 15) is 0 Å². The smallest absolute Gasteiger partial charge is 0.123 e. The van der Waals surface area contributed by atoms with Gasteiger partial charge in [-0.15, -0.1) is 0 Å². The van der Waals surface area contributed by atoms with Crippen LogP contribution in [0.25, 0.3) is 0 Å². The monoisotopic (exact) mass is 326 g/mol. The molecule has 0 spiro atoms. The molecule has 2 atom stereocenters. The molecular weight excluding hydrogens is 304 g/mol. The van der Waals surface area contributed by atoms with Crippen molar-refractivity contribution in [1.29, 1.82) is 0 Å². The SMILES string of the molecule is COc1ccc(C)cc1C(Br)CCC1CCCCO1. The summed E-state index contributed by atoms with van der Waals surface area (Å²) < 4.78 is 11.2. The van der Waals surface area contributed by atoms with E-state index in [0.717, 1.165) is 25.2 Å². The molecule has 1 heterocycles. The van der Waals surface area contributed by atoms with E-state index in [1.165, 1.54) is 30.4 Å². The van der Waals surface area contributed by atoms with E-state index in [0.29, 0.717) is 10.9 Å².